The van der Waals surface area contributed by atoms with E-state index >= 15 is 0 Å². The maximum Gasteiger partial charge on any atom is 0.416 e. The number of carbonyl (C=O) groups excluding carboxylic acids is 2. The summed E-state index contributed by atoms with van der Waals surface area (Å²) in [6, 6.07) is 15.8. The normalized spacial score (nSPS) is 15.2. The highest BCUT2D eigenvalue weighted by molar-refractivity contribution is 6.03. The van der Waals surface area contributed by atoms with Crippen LogP contribution in [-0.4, -0.2) is 48.3 Å². The number of methoxy groups -OCH3 is 1. The quantitative estimate of drug-likeness (QED) is 0.418. The van der Waals surface area contributed by atoms with Gasteiger partial charge in [-0.3, -0.25) is 4.79 Å². The van der Waals surface area contributed by atoms with E-state index in [4.69, 9.17) is 4.74 Å². The number of hydrogen-bond donors (Lipinski definition) is 1. The van der Waals surface area contributed by atoms with Crippen LogP contribution in [0.15, 0.2) is 77.9 Å². The maximum atomic E-state index is 13.4. The number of amides is 3. The van der Waals surface area contributed by atoms with Gasteiger partial charge < -0.3 is 15.0 Å². The molecule has 3 aromatic carbocycles. The van der Waals surface area contributed by atoms with Gasteiger partial charge in [0.05, 0.1) is 24.4 Å². The summed E-state index contributed by atoms with van der Waals surface area (Å²) < 4.78 is 57.0. The summed E-state index contributed by atoms with van der Waals surface area (Å²) in [5, 5.41) is 8.27. The molecule has 3 amide bonds. The number of nitrogens with one attached hydrogen (secondary N) is 1. The van der Waals surface area contributed by atoms with Crippen LogP contribution in [0.3, 0.4) is 0 Å². The zero-order chi connectivity index (χ0) is 27.4. The third kappa shape index (κ3) is 6.10. The zero-order valence-corrected chi connectivity index (χ0v) is 20.5. The minimum atomic E-state index is -4.49. The number of anilines is 1. The molecule has 1 heterocycles. The molecule has 0 bridgehead atoms. The van der Waals surface area contributed by atoms with Crippen molar-refractivity contribution in [1.82, 2.24) is 9.91 Å². The molecule has 11 heteroatoms. The molecule has 7 nitrogen and oxygen atoms in total. The van der Waals surface area contributed by atoms with Gasteiger partial charge in [-0.05, 0) is 59.7 Å². The Morgan fingerprint density at radius 3 is 2.24 bits per heavy atom. The maximum absolute atomic E-state index is 13.4. The van der Waals surface area contributed by atoms with Crippen LogP contribution in [0.25, 0.3) is 0 Å². The van der Waals surface area contributed by atoms with Gasteiger partial charge in [-0.1, -0.05) is 24.3 Å². The van der Waals surface area contributed by atoms with E-state index in [2.05, 4.69) is 10.4 Å². The highest BCUT2D eigenvalue weighted by Gasteiger charge is 2.34. The summed E-state index contributed by atoms with van der Waals surface area (Å²) in [6.45, 7) is -0.348. The number of alkyl halides is 3. The summed E-state index contributed by atoms with van der Waals surface area (Å²) in [7, 11) is 2.93. The van der Waals surface area contributed by atoms with Gasteiger partial charge in [-0.25, -0.2) is 14.2 Å². The van der Waals surface area contributed by atoms with Gasteiger partial charge in [0.15, 0.2) is 0 Å². The van der Waals surface area contributed by atoms with Gasteiger partial charge in [0.25, 0.3) is 5.91 Å². The summed E-state index contributed by atoms with van der Waals surface area (Å²) in [5.41, 5.74) is 1.34. The van der Waals surface area contributed by atoms with Crippen LogP contribution in [0.5, 0.6) is 5.75 Å². The van der Waals surface area contributed by atoms with Crippen molar-refractivity contribution < 1.29 is 31.9 Å². The van der Waals surface area contributed by atoms with E-state index in [9.17, 15) is 27.2 Å². The van der Waals surface area contributed by atoms with Gasteiger partial charge in [-0.2, -0.15) is 18.3 Å². The fraction of sp³-hybridized carbons (Fsp3) is 0.222. The lowest BCUT2D eigenvalue weighted by molar-refractivity contribution is -0.137. The van der Waals surface area contributed by atoms with E-state index in [1.807, 2.05) is 12.1 Å². The van der Waals surface area contributed by atoms with Gasteiger partial charge >= 0.3 is 12.2 Å². The Morgan fingerprint density at radius 2 is 1.66 bits per heavy atom. The van der Waals surface area contributed by atoms with E-state index in [1.54, 1.807) is 31.4 Å². The van der Waals surface area contributed by atoms with Gasteiger partial charge in [0.2, 0.25) is 0 Å². The fourth-order valence-corrected chi connectivity index (χ4v) is 3.95. The van der Waals surface area contributed by atoms with Crippen LogP contribution in [0.1, 0.15) is 29.2 Å². The number of hydrazone groups is 1. The van der Waals surface area contributed by atoms with Crippen molar-refractivity contribution in [1.29, 1.82) is 0 Å². The lowest BCUT2D eigenvalue weighted by Gasteiger charge is -2.25. The molecule has 0 aliphatic carbocycles. The molecule has 4 rings (SSSR count). The van der Waals surface area contributed by atoms with Crippen LogP contribution in [0.4, 0.5) is 28.0 Å². The van der Waals surface area contributed by atoms with Crippen molar-refractivity contribution in [3.63, 3.8) is 0 Å². The molecular weight excluding hydrogens is 504 g/mol. The molecule has 0 fully saturated rings. The zero-order valence-electron chi connectivity index (χ0n) is 20.5. The van der Waals surface area contributed by atoms with Crippen molar-refractivity contribution >= 4 is 23.3 Å². The predicted molar refractivity (Wildman–Crippen MR) is 133 cm³/mol. The average Bonchev–Trinajstić information content (AvgIpc) is 3.34. The molecule has 3 aromatic rings. The Kier molecular flexibility index (Phi) is 7.65. The van der Waals surface area contributed by atoms with Crippen molar-refractivity contribution in [2.75, 3.05) is 26.0 Å². The van der Waals surface area contributed by atoms with Crippen molar-refractivity contribution in [3.05, 3.63) is 95.3 Å². The topological polar surface area (TPSA) is 74.2 Å². The first kappa shape index (κ1) is 26.6. The van der Waals surface area contributed by atoms with Crippen molar-refractivity contribution in [3.8, 4) is 5.75 Å². The number of nitrogens with zero attached hydrogens (tertiary/aromatic N) is 3. The number of urea groups is 1. The smallest absolute Gasteiger partial charge is 0.416 e. The van der Waals surface area contributed by atoms with E-state index in [-0.39, 0.29) is 12.2 Å². The molecule has 198 valence electrons. The highest BCUT2D eigenvalue weighted by atomic mass is 19.4. The molecule has 38 heavy (non-hydrogen) atoms. The monoisotopic (exact) mass is 528 g/mol. The number of rotatable bonds is 6. The van der Waals surface area contributed by atoms with E-state index in [0.717, 1.165) is 34.7 Å². The third-order valence-corrected chi connectivity index (χ3v) is 6.03. The summed E-state index contributed by atoms with van der Waals surface area (Å²) in [6.07, 6.45) is -4.12. The minimum Gasteiger partial charge on any atom is -0.497 e. The van der Waals surface area contributed by atoms with Crippen LogP contribution in [0.2, 0.25) is 0 Å². The number of halogens is 4. The third-order valence-electron chi connectivity index (χ3n) is 6.03. The molecule has 1 N–H and O–H groups in total. The first-order chi connectivity index (χ1) is 18.0. The molecule has 0 spiro atoms. The molecule has 0 radical (unpaired) electrons. The summed E-state index contributed by atoms with van der Waals surface area (Å²) >= 11 is 0. The van der Waals surface area contributed by atoms with Gasteiger partial charge in [-0.15, -0.1) is 0 Å². The molecule has 1 aliphatic heterocycles. The Balaban J connectivity index is 1.50. The van der Waals surface area contributed by atoms with Crippen molar-refractivity contribution in [2.45, 2.75) is 18.6 Å². The molecule has 0 aromatic heterocycles. The second-order valence-corrected chi connectivity index (χ2v) is 8.65. The van der Waals surface area contributed by atoms with Gasteiger partial charge in [0, 0.05) is 19.2 Å². The molecule has 0 saturated heterocycles. The first-order valence-corrected chi connectivity index (χ1v) is 11.5. The van der Waals surface area contributed by atoms with Crippen LogP contribution >= 0.6 is 0 Å². The highest BCUT2D eigenvalue weighted by Crippen LogP contribution is 2.34. The fourth-order valence-electron chi connectivity index (χ4n) is 3.95. The van der Waals surface area contributed by atoms with E-state index in [0.29, 0.717) is 23.4 Å². The van der Waals surface area contributed by atoms with Crippen LogP contribution < -0.4 is 10.1 Å². The molecule has 1 aliphatic rings. The van der Waals surface area contributed by atoms with E-state index < -0.39 is 35.5 Å². The average molecular weight is 529 g/mol. The lowest BCUT2D eigenvalue weighted by Crippen LogP contribution is -2.41. The van der Waals surface area contributed by atoms with Crippen LogP contribution in [0, 0.1) is 5.82 Å². The van der Waals surface area contributed by atoms with E-state index in [1.165, 1.54) is 24.2 Å². The second kappa shape index (κ2) is 10.9. The number of hydrogen-bond acceptors (Lipinski definition) is 4. The Labute approximate surface area is 216 Å². The number of benzene rings is 3. The van der Waals surface area contributed by atoms with Crippen molar-refractivity contribution in [2.24, 2.45) is 5.10 Å². The summed E-state index contributed by atoms with van der Waals surface area (Å²) in [4.78, 5) is 27.0. The molecule has 0 saturated carbocycles. The first-order valence-electron chi connectivity index (χ1n) is 11.5. The number of likely N-dealkylation sites (N-methyl/N-ethyl adjacent to an activating group) is 1. The summed E-state index contributed by atoms with van der Waals surface area (Å²) in [5.74, 6) is -0.232. The number of carbonyl (C=O) groups is 2. The predicted octanol–water partition coefficient (Wildman–Crippen LogP) is 5.69. The second-order valence-electron chi connectivity index (χ2n) is 8.65. The molecule has 0 unspecified atom stereocenters. The SMILES string of the molecule is COc1ccc([C@H]2CC(c3ccc(F)cc3)=NN2C(=O)CN(C)C(=O)Nc2ccc(C(F)(F)F)cc2)cc1. The molecular formula is C27H24F4N4O3. The number of ether oxygens (including phenoxy) is 1. The lowest BCUT2D eigenvalue weighted by atomic mass is 9.98. The standard InChI is InChI=1S/C27H24F4N4O3/c1-34(26(37)32-21-11-7-19(8-12-21)27(29,30)31)16-25(36)35-24(18-5-13-22(38-2)14-6-18)15-23(33-35)17-3-9-20(28)10-4-17/h3-14,24H,15-16H2,1-2H3,(H,32,37)/t24-/m1/s1. The Morgan fingerprint density at radius 1 is 1.03 bits per heavy atom. The minimum absolute atomic E-state index is 0.149. The molecule has 1 atom stereocenters. The Bertz CT molecular complexity index is 1320. The Hall–Kier alpha value is -4.41. The largest absolute Gasteiger partial charge is 0.497 e. The van der Waals surface area contributed by atoms with Gasteiger partial charge in [0.1, 0.15) is 18.1 Å². The van der Waals surface area contributed by atoms with Crippen LogP contribution in [-0.2, 0) is 11.0 Å².